The standard InChI is InChI=1S/C33H29NO6/c1-19-9-13-22(14-10-19)28(36)18-24-17-25(30(37)23-15-11-20(2)12-16-23)29(31(38)40-4)33(24)26-7-5-6-8-27(26)34(21(3)35)32(33)39/h5-17,24,29H,18H2,1-4H3/t24-,29?,33-/m0/s1. The lowest BCUT2D eigenvalue weighted by Gasteiger charge is -2.35. The number of rotatable bonds is 6. The second-order valence-corrected chi connectivity index (χ2v) is 10.4. The van der Waals surface area contributed by atoms with E-state index in [2.05, 4.69) is 0 Å². The lowest BCUT2D eigenvalue weighted by Crippen LogP contribution is -2.52. The molecule has 3 aromatic carbocycles. The van der Waals surface area contributed by atoms with Crippen molar-refractivity contribution in [1.29, 1.82) is 0 Å². The van der Waals surface area contributed by atoms with E-state index < -0.39 is 40.8 Å². The van der Waals surface area contributed by atoms with Gasteiger partial charge in [0.2, 0.25) is 11.8 Å². The molecule has 1 aliphatic carbocycles. The number of methoxy groups -OCH3 is 1. The number of anilines is 1. The highest BCUT2D eigenvalue weighted by atomic mass is 16.5. The number of nitrogens with zero attached hydrogens (tertiary/aromatic N) is 1. The van der Waals surface area contributed by atoms with Crippen LogP contribution >= 0.6 is 0 Å². The summed E-state index contributed by atoms with van der Waals surface area (Å²) in [6.45, 7) is 5.08. The molecule has 0 N–H and O–H groups in total. The van der Waals surface area contributed by atoms with E-state index in [0.717, 1.165) is 16.0 Å². The van der Waals surface area contributed by atoms with Gasteiger partial charge in [0.15, 0.2) is 11.6 Å². The highest BCUT2D eigenvalue weighted by Gasteiger charge is 2.67. The van der Waals surface area contributed by atoms with Gasteiger partial charge < -0.3 is 4.74 Å². The topological polar surface area (TPSA) is 97.8 Å². The van der Waals surface area contributed by atoms with Crippen molar-refractivity contribution < 1.29 is 28.7 Å². The second-order valence-electron chi connectivity index (χ2n) is 10.4. The molecule has 3 aromatic rings. The number of fused-ring (bicyclic) bond motifs is 2. The molecule has 0 aromatic heterocycles. The fraction of sp³-hybridized carbons (Fsp3) is 0.242. The van der Waals surface area contributed by atoms with E-state index in [-0.39, 0.29) is 17.8 Å². The summed E-state index contributed by atoms with van der Waals surface area (Å²) in [6.07, 6.45) is 1.42. The Balaban J connectivity index is 1.73. The van der Waals surface area contributed by atoms with Crippen molar-refractivity contribution in [3.05, 3.63) is 112 Å². The molecule has 2 aliphatic rings. The Labute approximate surface area is 232 Å². The largest absolute Gasteiger partial charge is 0.469 e. The van der Waals surface area contributed by atoms with Gasteiger partial charge in [0.05, 0.1) is 12.8 Å². The molecule has 40 heavy (non-hydrogen) atoms. The molecule has 7 nitrogen and oxygen atoms in total. The molecule has 0 saturated heterocycles. The maximum atomic E-state index is 14.4. The first-order valence-corrected chi connectivity index (χ1v) is 13.1. The van der Waals surface area contributed by atoms with Crippen molar-refractivity contribution in [2.45, 2.75) is 32.6 Å². The Kier molecular flexibility index (Phi) is 6.84. The zero-order valence-electron chi connectivity index (χ0n) is 22.8. The van der Waals surface area contributed by atoms with E-state index in [4.69, 9.17) is 4.74 Å². The molecule has 0 fully saturated rings. The number of hydrogen-bond acceptors (Lipinski definition) is 6. The van der Waals surface area contributed by atoms with Gasteiger partial charge in [-0.2, -0.15) is 0 Å². The minimum Gasteiger partial charge on any atom is -0.469 e. The summed E-state index contributed by atoms with van der Waals surface area (Å²) in [5.41, 5.74) is 1.84. The summed E-state index contributed by atoms with van der Waals surface area (Å²) in [5, 5.41) is 0. The quantitative estimate of drug-likeness (QED) is 0.328. The highest BCUT2D eigenvalue weighted by Crippen LogP contribution is 2.58. The number of carbonyl (C=O) groups excluding carboxylic acids is 5. The van der Waals surface area contributed by atoms with Crippen molar-refractivity contribution in [3.63, 3.8) is 0 Å². The Morgan fingerprint density at radius 1 is 0.850 bits per heavy atom. The second kappa shape index (κ2) is 10.2. The molecule has 0 saturated carbocycles. The van der Waals surface area contributed by atoms with Crippen molar-refractivity contribution >= 4 is 35.0 Å². The Hall–Kier alpha value is -4.65. The van der Waals surface area contributed by atoms with E-state index in [1.807, 2.05) is 26.0 Å². The highest BCUT2D eigenvalue weighted by molar-refractivity contribution is 6.26. The number of esters is 1. The van der Waals surface area contributed by atoms with Crippen LogP contribution in [0.5, 0.6) is 0 Å². The van der Waals surface area contributed by atoms with Gasteiger partial charge in [0, 0.05) is 36.0 Å². The minimum atomic E-state index is -1.72. The molecule has 0 bridgehead atoms. The van der Waals surface area contributed by atoms with Gasteiger partial charge in [-0.25, -0.2) is 4.90 Å². The molecular formula is C33H29NO6. The van der Waals surface area contributed by atoms with E-state index in [1.165, 1.54) is 14.0 Å². The smallest absolute Gasteiger partial charge is 0.314 e. The third-order valence-electron chi connectivity index (χ3n) is 7.99. The number of para-hydroxylation sites is 1. The van der Waals surface area contributed by atoms with Gasteiger partial charge >= 0.3 is 5.97 Å². The molecule has 1 heterocycles. The van der Waals surface area contributed by atoms with Gasteiger partial charge in [0.25, 0.3) is 0 Å². The monoisotopic (exact) mass is 535 g/mol. The van der Waals surface area contributed by atoms with Gasteiger partial charge in [-0.05, 0) is 25.5 Å². The van der Waals surface area contributed by atoms with Crippen LogP contribution in [0.1, 0.15) is 50.8 Å². The fourth-order valence-electron chi connectivity index (χ4n) is 6.07. The van der Waals surface area contributed by atoms with Crippen LogP contribution in [0.25, 0.3) is 0 Å². The average Bonchev–Trinajstić information content (AvgIpc) is 3.41. The molecule has 7 heteroatoms. The van der Waals surface area contributed by atoms with Gasteiger partial charge in [-0.3, -0.25) is 24.0 Å². The Morgan fingerprint density at radius 3 is 2.00 bits per heavy atom. The van der Waals surface area contributed by atoms with Gasteiger partial charge in [0.1, 0.15) is 11.3 Å². The number of amides is 2. The number of hydrogen-bond donors (Lipinski definition) is 0. The molecule has 0 radical (unpaired) electrons. The van der Waals surface area contributed by atoms with Gasteiger partial charge in [-0.15, -0.1) is 0 Å². The molecule has 2 amide bonds. The Bertz CT molecular complexity index is 1580. The maximum Gasteiger partial charge on any atom is 0.314 e. The SMILES string of the molecule is COC(=O)C1C(C(=O)c2ccc(C)cc2)=C[C@@H](CC(=O)c2ccc(C)cc2)[C@@]12C(=O)N(C(C)=O)c1ccccc12. The molecule has 1 spiro atoms. The van der Waals surface area contributed by atoms with Crippen LogP contribution in [0.4, 0.5) is 5.69 Å². The first-order valence-electron chi connectivity index (χ1n) is 13.1. The van der Waals surface area contributed by atoms with Crippen LogP contribution in [-0.2, 0) is 24.5 Å². The van der Waals surface area contributed by atoms with E-state index >= 15 is 0 Å². The van der Waals surface area contributed by atoms with Gasteiger partial charge in [-0.1, -0.05) is 83.9 Å². The summed E-state index contributed by atoms with van der Waals surface area (Å²) in [5.74, 6) is -4.91. The lowest BCUT2D eigenvalue weighted by atomic mass is 9.64. The summed E-state index contributed by atoms with van der Waals surface area (Å²) in [7, 11) is 1.20. The summed E-state index contributed by atoms with van der Waals surface area (Å²) in [4.78, 5) is 69.4. The number of allylic oxidation sites excluding steroid dienone is 1. The number of ether oxygens (including phenoxy) is 1. The van der Waals surface area contributed by atoms with Crippen molar-refractivity contribution in [2.24, 2.45) is 11.8 Å². The minimum absolute atomic E-state index is 0.0750. The number of imide groups is 1. The van der Waals surface area contributed by atoms with Crippen molar-refractivity contribution in [2.75, 3.05) is 12.0 Å². The Morgan fingerprint density at radius 2 is 1.43 bits per heavy atom. The van der Waals surface area contributed by atoms with Crippen LogP contribution in [0.2, 0.25) is 0 Å². The average molecular weight is 536 g/mol. The van der Waals surface area contributed by atoms with Crippen LogP contribution in [0.3, 0.4) is 0 Å². The number of ketones is 2. The van der Waals surface area contributed by atoms with E-state index in [9.17, 15) is 24.0 Å². The molecule has 5 rings (SSSR count). The number of carbonyl (C=O) groups is 5. The number of Topliss-reactive ketones (excluding diaryl/α,β-unsaturated/α-hetero) is 2. The van der Waals surface area contributed by atoms with Crippen molar-refractivity contribution in [1.82, 2.24) is 0 Å². The normalized spacial score (nSPS) is 21.2. The van der Waals surface area contributed by atoms with E-state index in [0.29, 0.717) is 22.4 Å². The molecule has 202 valence electrons. The summed E-state index contributed by atoms with van der Waals surface area (Å²) >= 11 is 0. The zero-order chi connectivity index (χ0) is 28.8. The summed E-state index contributed by atoms with van der Waals surface area (Å²) in [6, 6.07) is 20.7. The molecule has 1 unspecified atom stereocenters. The zero-order valence-corrected chi connectivity index (χ0v) is 22.8. The predicted molar refractivity (Wildman–Crippen MR) is 149 cm³/mol. The van der Waals surface area contributed by atoms with Crippen LogP contribution in [-0.4, -0.2) is 36.5 Å². The maximum absolute atomic E-state index is 14.4. The van der Waals surface area contributed by atoms with Crippen LogP contribution < -0.4 is 4.90 Å². The lowest BCUT2D eigenvalue weighted by molar-refractivity contribution is -0.149. The molecule has 1 aliphatic heterocycles. The molecular weight excluding hydrogens is 506 g/mol. The first kappa shape index (κ1) is 26.9. The third kappa shape index (κ3) is 4.09. The van der Waals surface area contributed by atoms with E-state index in [1.54, 1.807) is 66.7 Å². The van der Waals surface area contributed by atoms with Crippen molar-refractivity contribution in [3.8, 4) is 0 Å². The van der Waals surface area contributed by atoms with Crippen LogP contribution in [0, 0.1) is 25.7 Å². The third-order valence-corrected chi connectivity index (χ3v) is 7.99. The first-order chi connectivity index (χ1) is 19.1. The summed E-state index contributed by atoms with van der Waals surface area (Å²) < 4.78 is 5.19. The number of benzene rings is 3. The predicted octanol–water partition coefficient (Wildman–Crippen LogP) is 4.94. The molecule has 3 atom stereocenters. The fourth-order valence-corrected chi connectivity index (χ4v) is 6.07. The number of aryl methyl sites for hydroxylation is 2. The van der Waals surface area contributed by atoms with Crippen LogP contribution in [0.15, 0.2) is 84.4 Å².